The minimum Gasteiger partial charge on any atom is -0.338 e. The number of carbonyl (C=O) groups excluding carboxylic acids is 1. The Kier molecular flexibility index (Phi) is 5.77. The van der Waals surface area contributed by atoms with Crippen LogP contribution in [0.15, 0.2) is 0 Å². The molecule has 0 aliphatic carbocycles. The maximum atomic E-state index is 12.1. The normalized spacial score (nSPS) is 21.5. The van der Waals surface area contributed by atoms with Crippen LogP contribution < -0.4 is 5.32 Å². The third-order valence-electron chi connectivity index (χ3n) is 3.16. The molecular formula is C12H25N3O. The first-order valence-corrected chi connectivity index (χ1v) is 6.24. The van der Waals surface area contributed by atoms with Gasteiger partial charge in [0.05, 0.1) is 0 Å². The summed E-state index contributed by atoms with van der Waals surface area (Å²) in [6.07, 6.45) is 4.21. The summed E-state index contributed by atoms with van der Waals surface area (Å²) in [4.78, 5) is 16.2. The van der Waals surface area contributed by atoms with E-state index in [2.05, 4.69) is 15.1 Å². The van der Waals surface area contributed by atoms with Crippen molar-refractivity contribution in [3.05, 3.63) is 0 Å². The van der Waals surface area contributed by atoms with Crippen LogP contribution in [0.4, 0.5) is 0 Å². The molecule has 16 heavy (non-hydrogen) atoms. The molecule has 94 valence electrons. The van der Waals surface area contributed by atoms with Crippen molar-refractivity contribution in [3.63, 3.8) is 0 Å². The molecule has 0 saturated carbocycles. The van der Waals surface area contributed by atoms with E-state index >= 15 is 0 Å². The minimum absolute atomic E-state index is 0.314. The highest BCUT2D eigenvalue weighted by Gasteiger charge is 2.25. The Morgan fingerprint density at radius 1 is 1.44 bits per heavy atom. The zero-order valence-corrected chi connectivity index (χ0v) is 10.8. The van der Waals surface area contributed by atoms with Gasteiger partial charge in [-0.15, -0.1) is 0 Å². The summed E-state index contributed by atoms with van der Waals surface area (Å²) in [5.41, 5.74) is 0. The first-order valence-electron chi connectivity index (χ1n) is 6.24. The van der Waals surface area contributed by atoms with Gasteiger partial charge in [-0.2, -0.15) is 0 Å². The van der Waals surface area contributed by atoms with Gasteiger partial charge >= 0.3 is 0 Å². The lowest BCUT2D eigenvalue weighted by atomic mass is 10.0. The number of likely N-dealkylation sites (N-methyl/N-ethyl adjacent to an activating group) is 1. The highest BCUT2D eigenvalue weighted by molar-refractivity contribution is 5.76. The van der Waals surface area contributed by atoms with Crippen LogP contribution in [0.3, 0.4) is 0 Å². The number of hydrogen-bond donors (Lipinski definition) is 1. The number of rotatable bonds is 5. The molecule has 0 radical (unpaired) electrons. The molecule has 0 aromatic heterocycles. The molecule has 1 heterocycles. The SMILES string of the molecule is CNCC1CCCCN1C(=O)CCN(C)C. The maximum Gasteiger partial charge on any atom is 0.224 e. The Bertz CT molecular complexity index is 216. The molecule has 4 nitrogen and oxygen atoms in total. The number of piperidine rings is 1. The van der Waals surface area contributed by atoms with Gasteiger partial charge in [-0.3, -0.25) is 4.79 Å². The van der Waals surface area contributed by atoms with Crippen molar-refractivity contribution < 1.29 is 4.79 Å². The second kappa shape index (κ2) is 6.86. The summed E-state index contributed by atoms with van der Waals surface area (Å²) >= 11 is 0. The van der Waals surface area contributed by atoms with Crippen molar-refractivity contribution in [1.82, 2.24) is 15.1 Å². The number of nitrogens with zero attached hydrogens (tertiary/aromatic N) is 2. The van der Waals surface area contributed by atoms with Crippen molar-refractivity contribution in [2.24, 2.45) is 0 Å². The zero-order chi connectivity index (χ0) is 12.0. The Labute approximate surface area is 99.0 Å². The van der Waals surface area contributed by atoms with Crippen LogP contribution in [-0.2, 0) is 4.79 Å². The van der Waals surface area contributed by atoms with E-state index in [1.807, 2.05) is 21.1 Å². The number of nitrogens with one attached hydrogen (secondary N) is 1. The summed E-state index contributed by atoms with van der Waals surface area (Å²) in [5.74, 6) is 0.314. The summed E-state index contributed by atoms with van der Waals surface area (Å²) < 4.78 is 0. The predicted molar refractivity (Wildman–Crippen MR) is 66.4 cm³/mol. The van der Waals surface area contributed by atoms with Gasteiger partial charge in [0.25, 0.3) is 0 Å². The molecule has 1 unspecified atom stereocenters. The molecule has 1 atom stereocenters. The standard InChI is InChI=1S/C12H25N3O/c1-13-10-11-6-4-5-8-15(11)12(16)7-9-14(2)3/h11,13H,4-10H2,1-3H3. The van der Waals surface area contributed by atoms with Crippen LogP contribution in [0.2, 0.25) is 0 Å². The van der Waals surface area contributed by atoms with E-state index in [-0.39, 0.29) is 0 Å². The zero-order valence-electron chi connectivity index (χ0n) is 10.8. The lowest BCUT2D eigenvalue weighted by Gasteiger charge is -2.36. The molecule has 1 amide bonds. The lowest BCUT2D eigenvalue weighted by molar-refractivity contribution is -0.135. The monoisotopic (exact) mass is 227 g/mol. The largest absolute Gasteiger partial charge is 0.338 e. The van der Waals surface area contributed by atoms with E-state index < -0.39 is 0 Å². The Hall–Kier alpha value is -0.610. The molecule has 4 heteroatoms. The fourth-order valence-corrected chi connectivity index (χ4v) is 2.24. The summed E-state index contributed by atoms with van der Waals surface area (Å²) in [5, 5.41) is 3.18. The molecule has 1 fully saturated rings. The smallest absolute Gasteiger partial charge is 0.224 e. The van der Waals surface area contributed by atoms with Crippen molar-refractivity contribution in [2.75, 3.05) is 40.8 Å². The average molecular weight is 227 g/mol. The van der Waals surface area contributed by atoms with E-state index in [4.69, 9.17) is 0 Å². The third kappa shape index (κ3) is 4.10. The van der Waals surface area contributed by atoms with Gasteiger partial charge in [-0.1, -0.05) is 0 Å². The van der Waals surface area contributed by atoms with E-state index in [1.165, 1.54) is 6.42 Å². The van der Waals surface area contributed by atoms with E-state index in [9.17, 15) is 4.79 Å². The molecule has 1 aliphatic rings. The highest BCUT2D eigenvalue weighted by Crippen LogP contribution is 2.17. The molecule has 1 aliphatic heterocycles. The van der Waals surface area contributed by atoms with Crippen LogP contribution in [0, 0.1) is 0 Å². The molecular weight excluding hydrogens is 202 g/mol. The van der Waals surface area contributed by atoms with Crippen molar-refractivity contribution in [3.8, 4) is 0 Å². The summed E-state index contributed by atoms with van der Waals surface area (Å²) in [7, 11) is 5.97. The molecule has 1 saturated heterocycles. The third-order valence-corrected chi connectivity index (χ3v) is 3.16. The van der Waals surface area contributed by atoms with Gasteiger partial charge in [-0.05, 0) is 40.4 Å². The average Bonchev–Trinajstić information content (AvgIpc) is 2.27. The predicted octanol–water partition coefficient (Wildman–Crippen LogP) is 0.539. The first kappa shape index (κ1) is 13.5. The number of hydrogen-bond acceptors (Lipinski definition) is 3. The topological polar surface area (TPSA) is 35.6 Å². The molecule has 1 rings (SSSR count). The quantitative estimate of drug-likeness (QED) is 0.744. The fourth-order valence-electron chi connectivity index (χ4n) is 2.24. The maximum absolute atomic E-state index is 12.1. The van der Waals surface area contributed by atoms with Crippen LogP contribution in [0.5, 0.6) is 0 Å². The molecule has 1 N–H and O–H groups in total. The highest BCUT2D eigenvalue weighted by atomic mass is 16.2. The Balaban J connectivity index is 2.43. The van der Waals surface area contributed by atoms with Crippen LogP contribution >= 0.6 is 0 Å². The molecule has 0 bridgehead atoms. The van der Waals surface area contributed by atoms with Crippen LogP contribution in [0.25, 0.3) is 0 Å². The Morgan fingerprint density at radius 2 is 2.19 bits per heavy atom. The number of likely N-dealkylation sites (tertiary alicyclic amines) is 1. The first-order chi connectivity index (χ1) is 7.65. The fraction of sp³-hybridized carbons (Fsp3) is 0.917. The summed E-state index contributed by atoms with van der Waals surface area (Å²) in [6, 6.07) is 0.411. The molecule has 0 aromatic carbocycles. The number of amides is 1. The molecule has 0 spiro atoms. The second-order valence-corrected chi connectivity index (χ2v) is 4.85. The lowest BCUT2D eigenvalue weighted by Crippen LogP contribution is -2.48. The van der Waals surface area contributed by atoms with Crippen molar-refractivity contribution >= 4 is 5.91 Å². The minimum atomic E-state index is 0.314. The van der Waals surface area contributed by atoms with Crippen molar-refractivity contribution in [2.45, 2.75) is 31.7 Å². The van der Waals surface area contributed by atoms with Crippen LogP contribution in [-0.4, -0.2) is 62.5 Å². The Morgan fingerprint density at radius 3 is 2.81 bits per heavy atom. The van der Waals surface area contributed by atoms with E-state index in [1.54, 1.807) is 0 Å². The van der Waals surface area contributed by atoms with Crippen LogP contribution in [0.1, 0.15) is 25.7 Å². The van der Waals surface area contributed by atoms with Gasteiger partial charge in [0.15, 0.2) is 0 Å². The van der Waals surface area contributed by atoms with E-state index in [0.29, 0.717) is 18.4 Å². The number of carbonyl (C=O) groups is 1. The second-order valence-electron chi connectivity index (χ2n) is 4.85. The van der Waals surface area contributed by atoms with Gasteiger partial charge in [-0.25, -0.2) is 0 Å². The van der Waals surface area contributed by atoms with Gasteiger partial charge in [0.2, 0.25) is 5.91 Å². The molecule has 0 aromatic rings. The summed E-state index contributed by atoms with van der Waals surface area (Å²) in [6.45, 7) is 2.72. The van der Waals surface area contributed by atoms with Gasteiger partial charge in [0, 0.05) is 32.1 Å². The van der Waals surface area contributed by atoms with Crippen molar-refractivity contribution in [1.29, 1.82) is 0 Å². The van der Waals surface area contributed by atoms with Gasteiger partial charge < -0.3 is 15.1 Å². The van der Waals surface area contributed by atoms with Gasteiger partial charge in [0.1, 0.15) is 0 Å². The van der Waals surface area contributed by atoms with E-state index in [0.717, 1.165) is 32.5 Å².